The summed E-state index contributed by atoms with van der Waals surface area (Å²) in [5, 5.41) is 0. The van der Waals surface area contributed by atoms with Gasteiger partial charge < -0.3 is 0 Å². The van der Waals surface area contributed by atoms with Gasteiger partial charge in [0.25, 0.3) is 0 Å². The summed E-state index contributed by atoms with van der Waals surface area (Å²) in [4.78, 5) is 4.58. The van der Waals surface area contributed by atoms with E-state index in [1.165, 1.54) is 22.4 Å². The Bertz CT molecular complexity index is 432. The zero-order valence-electron chi connectivity index (χ0n) is 8.89. The van der Waals surface area contributed by atoms with Gasteiger partial charge in [-0.15, -0.1) is 0 Å². The first-order valence-electron chi connectivity index (χ1n) is 5.13. The first kappa shape index (κ1) is 10.6. The molecule has 0 fully saturated rings. The number of aliphatic imine (C=N–C) groups is 1. The molecule has 0 spiro atoms. The van der Waals surface area contributed by atoms with Crippen molar-refractivity contribution >= 4 is 21.6 Å². The first-order valence-corrected chi connectivity index (χ1v) is 5.92. The van der Waals surface area contributed by atoms with Crippen LogP contribution in [0.25, 0.3) is 0 Å². The number of hydrogen-bond donors (Lipinski definition) is 0. The molecule has 1 heterocycles. The maximum Gasteiger partial charge on any atom is 0.0463 e. The summed E-state index contributed by atoms with van der Waals surface area (Å²) in [6.07, 6.45) is 1.95. The molecule has 1 aliphatic rings. The van der Waals surface area contributed by atoms with Crippen LogP contribution in [0.2, 0.25) is 0 Å². The standard InChI is InChI=1S/C13H14BrN/c1-9(2)7-13-12-4-3-11(14)8-10(12)5-6-15-13/h3-4,8H,1,5-7H2,2H3. The third-order valence-electron chi connectivity index (χ3n) is 2.53. The average molecular weight is 264 g/mol. The number of rotatable bonds is 2. The molecule has 0 aliphatic carbocycles. The zero-order valence-corrected chi connectivity index (χ0v) is 10.5. The van der Waals surface area contributed by atoms with Crippen LogP contribution >= 0.6 is 15.9 Å². The molecule has 0 N–H and O–H groups in total. The number of hydrogen-bond acceptors (Lipinski definition) is 1. The number of halogens is 1. The van der Waals surface area contributed by atoms with Crippen LogP contribution in [0.4, 0.5) is 0 Å². The summed E-state index contributed by atoms with van der Waals surface area (Å²) < 4.78 is 1.15. The second-order valence-corrected chi connectivity index (χ2v) is 4.93. The van der Waals surface area contributed by atoms with Gasteiger partial charge in [0.2, 0.25) is 0 Å². The number of fused-ring (bicyclic) bond motifs is 1. The van der Waals surface area contributed by atoms with Crippen LogP contribution in [0.5, 0.6) is 0 Å². The van der Waals surface area contributed by atoms with E-state index in [4.69, 9.17) is 0 Å². The Morgan fingerprint density at radius 3 is 3.07 bits per heavy atom. The third-order valence-corrected chi connectivity index (χ3v) is 3.02. The molecule has 2 heteroatoms. The molecule has 0 bridgehead atoms. The van der Waals surface area contributed by atoms with Crippen molar-refractivity contribution in [3.05, 3.63) is 46.0 Å². The van der Waals surface area contributed by atoms with Crippen LogP contribution in [-0.2, 0) is 6.42 Å². The highest BCUT2D eigenvalue weighted by Crippen LogP contribution is 2.23. The summed E-state index contributed by atoms with van der Waals surface area (Å²) in [5.41, 5.74) is 5.06. The van der Waals surface area contributed by atoms with Crippen molar-refractivity contribution in [2.24, 2.45) is 4.99 Å². The first-order chi connectivity index (χ1) is 7.16. The highest BCUT2D eigenvalue weighted by atomic mass is 79.9. The lowest BCUT2D eigenvalue weighted by Gasteiger charge is -2.17. The smallest absolute Gasteiger partial charge is 0.0463 e. The summed E-state index contributed by atoms with van der Waals surface area (Å²) in [6.45, 7) is 6.91. The Morgan fingerprint density at radius 1 is 1.53 bits per heavy atom. The van der Waals surface area contributed by atoms with Crippen molar-refractivity contribution in [1.82, 2.24) is 0 Å². The monoisotopic (exact) mass is 263 g/mol. The van der Waals surface area contributed by atoms with E-state index in [0.29, 0.717) is 0 Å². The van der Waals surface area contributed by atoms with E-state index in [1.54, 1.807) is 0 Å². The Labute approximate surface area is 99.1 Å². The lowest BCUT2D eigenvalue weighted by molar-refractivity contribution is 0.932. The molecule has 0 amide bonds. The Balaban J connectivity index is 2.38. The van der Waals surface area contributed by atoms with Gasteiger partial charge in [0.05, 0.1) is 0 Å². The van der Waals surface area contributed by atoms with Crippen LogP contribution < -0.4 is 0 Å². The second-order valence-electron chi connectivity index (χ2n) is 4.01. The number of allylic oxidation sites excluding steroid dienone is 1. The zero-order chi connectivity index (χ0) is 10.8. The van der Waals surface area contributed by atoms with E-state index in [9.17, 15) is 0 Å². The highest BCUT2D eigenvalue weighted by molar-refractivity contribution is 9.10. The molecule has 2 rings (SSSR count). The summed E-state index contributed by atoms with van der Waals surface area (Å²) in [6, 6.07) is 6.43. The molecular weight excluding hydrogens is 250 g/mol. The average Bonchev–Trinajstić information content (AvgIpc) is 2.16. The predicted octanol–water partition coefficient (Wildman–Crippen LogP) is 3.76. The van der Waals surface area contributed by atoms with E-state index >= 15 is 0 Å². The van der Waals surface area contributed by atoms with Gasteiger partial charge >= 0.3 is 0 Å². The molecule has 1 aromatic carbocycles. The quantitative estimate of drug-likeness (QED) is 0.721. The molecule has 0 aromatic heterocycles. The van der Waals surface area contributed by atoms with Gasteiger partial charge in [-0.1, -0.05) is 34.1 Å². The van der Waals surface area contributed by atoms with Crippen molar-refractivity contribution in [3.8, 4) is 0 Å². The van der Waals surface area contributed by atoms with E-state index in [1.807, 2.05) is 0 Å². The van der Waals surface area contributed by atoms with Crippen molar-refractivity contribution < 1.29 is 0 Å². The van der Waals surface area contributed by atoms with Crippen LogP contribution in [0, 0.1) is 0 Å². The predicted molar refractivity (Wildman–Crippen MR) is 68.7 cm³/mol. The highest BCUT2D eigenvalue weighted by Gasteiger charge is 2.13. The molecule has 1 nitrogen and oxygen atoms in total. The van der Waals surface area contributed by atoms with Crippen molar-refractivity contribution in [3.63, 3.8) is 0 Å². The minimum absolute atomic E-state index is 0.897. The van der Waals surface area contributed by atoms with Gasteiger partial charge in [0.1, 0.15) is 0 Å². The molecular formula is C13H14BrN. The minimum atomic E-state index is 0.897. The van der Waals surface area contributed by atoms with Crippen LogP contribution in [0.15, 0.2) is 39.8 Å². The Morgan fingerprint density at radius 2 is 2.33 bits per heavy atom. The van der Waals surface area contributed by atoms with Crippen LogP contribution in [0.1, 0.15) is 24.5 Å². The maximum atomic E-state index is 4.58. The van der Waals surface area contributed by atoms with Crippen LogP contribution in [-0.4, -0.2) is 12.3 Å². The molecule has 0 radical (unpaired) electrons. The fourth-order valence-electron chi connectivity index (χ4n) is 1.88. The summed E-state index contributed by atoms with van der Waals surface area (Å²) in [5.74, 6) is 0. The topological polar surface area (TPSA) is 12.4 Å². The van der Waals surface area contributed by atoms with E-state index < -0.39 is 0 Å². The SMILES string of the molecule is C=C(C)CC1=NCCc2cc(Br)ccc21. The minimum Gasteiger partial charge on any atom is -0.288 e. The van der Waals surface area contributed by atoms with Crippen LogP contribution in [0.3, 0.4) is 0 Å². The fourth-order valence-corrected chi connectivity index (χ4v) is 2.29. The van der Waals surface area contributed by atoms with Gasteiger partial charge in [-0.2, -0.15) is 0 Å². The molecule has 1 aromatic rings. The number of nitrogens with zero attached hydrogens (tertiary/aromatic N) is 1. The molecule has 78 valence electrons. The molecule has 15 heavy (non-hydrogen) atoms. The second kappa shape index (κ2) is 4.31. The lowest BCUT2D eigenvalue weighted by Crippen LogP contribution is -2.13. The lowest BCUT2D eigenvalue weighted by atomic mass is 9.94. The molecule has 0 saturated heterocycles. The van der Waals surface area contributed by atoms with Crippen molar-refractivity contribution in [2.45, 2.75) is 19.8 Å². The summed E-state index contributed by atoms with van der Waals surface area (Å²) >= 11 is 3.50. The van der Waals surface area contributed by atoms with E-state index in [-0.39, 0.29) is 0 Å². The van der Waals surface area contributed by atoms with Crippen molar-refractivity contribution in [1.29, 1.82) is 0 Å². The third kappa shape index (κ3) is 2.37. The largest absolute Gasteiger partial charge is 0.288 e. The van der Waals surface area contributed by atoms with Crippen molar-refractivity contribution in [2.75, 3.05) is 6.54 Å². The van der Waals surface area contributed by atoms with Gasteiger partial charge in [0, 0.05) is 23.1 Å². The molecule has 0 unspecified atom stereocenters. The number of benzene rings is 1. The normalized spacial score (nSPS) is 14.4. The Hall–Kier alpha value is -0.890. The molecule has 0 atom stereocenters. The summed E-state index contributed by atoms with van der Waals surface area (Å²) in [7, 11) is 0. The van der Waals surface area contributed by atoms with Gasteiger partial charge in [-0.25, -0.2) is 0 Å². The fraction of sp³-hybridized carbons (Fsp3) is 0.308. The maximum absolute atomic E-state index is 4.58. The Kier molecular flexibility index (Phi) is 3.06. The van der Waals surface area contributed by atoms with E-state index in [0.717, 1.165) is 23.9 Å². The van der Waals surface area contributed by atoms with E-state index in [2.05, 4.69) is 52.6 Å². The van der Waals surface area contributed by atoms with Gasteiger partial charge in [-0.3, -0.25) is 4.99 Å². The van der Waals surface area contributed by atoms with Gasteiger partial charge in [-0.05, 0) is 36.6 Å². The molecule has 0 saturated carbocycles. The van der Waals surface area contributed by atoms with Gasteiger partial charge in [0.15, 0.2) is 0 Å². The molecule has 1 aliphatic heterocycles.